The number of halogens is 1. The quantitative estimate of drug-likeness (QED) is 0.482. The van der Waals surface area contributed by atoms with E-state index in [4.69, 9.17) is 0 Å². The first kappa shape index (κ1) is 19.0. The van der Waals surface area contributed by atoms with Crippen molar-refractivity contribution in [1.29, 1.82) is 0 Å². The zero-order valence-electron chi connectivity index (χ0n) is 16.7. The fourth-order valence-electron chi connectivity index (χ4n) is 6.33. The Morgan fingerprint density at radius 2 is 1.70 bits per heavy atom. The largest absolute Gasteiger partial charge is 0.216 e. The van der Waals surface area contributed by atoms with Gasteiger partial charge in [-0.05, 0) is 117 Å². The van der Waals surface area contributed by atoms with E-state index in [0.717, 1.165) is 42.8 Å². The van der Waals surface area contributed by atoms with Gasteiger partial charge < -0.3 is 0 Å². The lowest BCUT2D eigenvalue weighted by molar-refractivity contribution is 0.0809. The predicted molar refractivity (Wildman–Crippen MR) is 112 cm³/mol. The van der Waals surface area contributed by atoms with Gasteiger partial charge in [0.25, 0.3) is 0 Å². The van der Waals surface area contributed by atoms with Crippen molar-refractivity contribution in [2.45, 2.75) is 70.6 Å². The molecule has 0 spiro atoms. The highest BCUT2D eigenvalue weighted by atomic mass is 19.1. The van der Waals surface area contributed by atoms with Crippen molar-refractivity contribution in [1.82, 2.24) is 0 Å². The van der Waals surface area contributed by atoms with E-state index in [1.165, 1.54) is 63.4 Å². The van der Waals surface area contributed by atoms with Crippen molar-refractivity contribution in [2.75, 3.05) is 0 Å². The van der Waals surface area contributed by atoms with Gasteiger partial charge in [-0.15, -0.1) is 6.58 Å². The Labute approximate surface area is 164 Å². The molecule has 27 heavy (non-hydrogen) atoms. The molecule has 5 atom stereocenters. The van der Waals surface area contributed by atoms with Crippen LogP contribution < -0.4 is 0 Å². The van der Waals surface area contributed by atoms with Crippen LogP contribution >= 0.6 is 0 Å². The highest BCUT2D eigenvalue weighted by molar-refractivity contribution is 5.34. The van der Waals surface area contributed by atoms with Crippen molar-refractivity contribution < 1.29 is 4.39 Å². The molecular formula is C26H35F. The molecule has 1 heteroatoms. The lowest BCUT2D eigenvalue weighted by Crippen LogP contribution is -2.34. The van der Waals surface area contributed by atoms with Gasteiger partial charge in [0.05, 0.1) is 6.33 Å². The molecule has 2 fully saturated rings. The van der Waals surface area contributed by atoms with Crippen LogP contribution in [-0.4, -0.2) is 0 Å². The fourth-order valence-corrected chi connectivity index (χ4v) is 6.33. The zero-order chi connectivity index (χ0) is 18.6. The first-order chi connectivity index (χ1) is 13.3. The molecule has 0 saturated heterocycles. The third-order valence-corrected chi connectivity index (χ3v) is 7.88. The third-order valence-electron chi connectivity index (χ3n) is 7.88. The molecule has 1 aromatic rings. The number of fused-ring (bicyclic) bond motifs is 2. The average Bonchev–Trinajstić information content (AvgIpc) is 2.71. The molecule has 0 radical (unpaired) electrons. The number of hydrogen-bond acceptors (Lipinski definition) is 0. The Morgan fingerprint density at radius 3 is 2.52 bits per heavy atom. The molecule has 146 valence electrons. The van der Waals surface area contributed by atoms with Gasteiger partial charge in [0.1, 0.15) is 0 Å². The Hall–Kier alpha value is -1.37. The second-order valence-corrected chi connectivity index (χ2v) is 9.42. The van der Waals surface area contributed by atoms with E-state index in [1.807, 2.05) is 12.2 Å². The summed E-state index contributed by atoms with van der Waals surface area (Å²) in [7, 11) is 0. The topological polar surface area (TPSA) is 0 Å². The summed E-state index contributed by atoms with van der Waals surface area (Å²) in [6.07, 6.45) is 18.8. The van der Waals surface area contributed by atoms with Crippen LogP contribution in [0.3, 0.4) is 0 Å². The molecule has 2 saturated carbocycles. The minimum Gasteiger partial charge on any atom is -0.216 e. The second kappa shape index (κ2) is 8.76. The van der Waals surface area contributed by atoms with Crippen LogP contribution in [0.1, 0.15) is 68.1 Å². The lowest BCUT2D eigenvalue weighted by Gasteiger charge is -2.44. The standard InChI is InChI=1S/C26H35F/c1-2-3-4-19-5-7-23-17-25(11-9-21(23)15-19)26-12-10-22-16-20(13-14-27)6-8-24(22)18-26/h2,5,7,13-15,20,22,24-26H,1,3-4,6,8-12,16-18H2. The number of hydrogen-bond donors (Lipinski definition) is 0. The summed E-state index contributed by atoms with van der Waals surface area (Å²) < 4.78 is 12.5. The van der Waals surface area contributed by atoms with Crippen LogP contribution in [0.5, 0.6) is 0 Å². The van der Waals surface area contributed by atoms with E-state index in [1.54, 1.807) is 11.1 Å². The maximum Gasteiger partial charge on any atom is 0.0829 e. The summed E-state index contributed by atoms with van der Waals surface area (Å²) in [5, 5.41) is 0. The van der Waals surface area contributed by atoms with E-state index in [2.05, 4.69) is 24.8 Å². The predicted octanol–water partition coefficient (Wildman–Crippen LogP) is 7.23. The summed E-state index contributed by atoms with van der Waals surface area (Å²) in [6.45, 7) is 3.85. The summed E-state index contributed by atoms with van der Waals surface area (Å²) in [4.78, 5) is 0. The number of allylic oxidation sites excluding steroid dienone is 2. The third kappa shape index (κ3) is 4.39. The zero-order valence-corrected chi connectivity index (χ0v) is 16.7. The molecule has 0 heterocycles. The van der Waals surface area contributed by atoms with E-state index >= 15 is 0 Å². The second-order valence-electron chi connectivity index (χ2n) is 9.42. The van der Waals surface area contributed by atoms with Crippen molar-refractivity contribution in [3.05, 3.63) is 60.0 Å². The number of rotatable bonds is 5. The Balaban J connectivity index is 1.35. The van der Waals surface area contributed by atoms with Gasteiger partial charge in [-0.3, -0.25) is 0 Å². The highest BCUT2D eigenvalue weighted by Crippen LogP contribution is 2.48. The van der Waals surface area contributed by atoms with Crippen LogP contribution in [0.4, 0.5) is 4.39 Å². The Kier molecular flexibility index (Phi) is 6.15. The Bertz CT molecular complexity index is 673. The average molecular weight is 367 g/mol. The molecule has 5 unspecified atom stereocenters. The van der Waals surface area contributed by atoms with Crippen LogP contribution in [0.25, 0.3) is 0 Å². The molecule has 0 nitrogen and oxygen atoms in total. The van der Waals surface area contributed by atoms with Crippen molar-refractivity contribution in [2.24, 2.45) is 29.6 Å². The highest BCUT2D eigenvalue weighted by Gasteiger charge is 2.38. The van der Waals surface area contributed by atoms with Gasteiger partial charge in [0, 0.05) is 0 Å². The molecule has 0 bridgehead atoms. The Morgan fingerprint density at radius 1 is 0.926 bits per heavy atom. The van der Waals surface area contributed by atoms with Crippen molar-refractivity contribution >= 4 is 0 Å². The molecule has 1 aromatic carbocycles. The first-order valence-corrected chi connectivity index (χ1v) is 11.2. The molecule has 0 aliphatic heterocycles. The van der Waals surface area contributed by atoms with Gasteiger partial charge in [-0.25, -0.2) is 4.39 Å². The van der Waals surface area contributed by atoms with Crippen LogP contribution in [0.15, 0.2) is 43.3 Å². The molecular weight excluding hydrogens is 331 g/mol. The van der Waals surface area contributed by atoms with Crippen molar-refractivity contribution in [3.63, 3.8) is 0 Å². The SMILES string of the molecule is C=CCCc1ccc2c(c1)CCC(C1CCC3CC(C=CF)CCC3C1)C2. The maximum absolute atomic E-state index is 12.5. The van der Waals surface area contributed by atoms with Crippen molar-refractivity contribution in [3.8, 4) is 0 Å². The normalized spacial score (nSPS) is 33.4. The number of aryl methyl sites for hydroxylation is 2. The minimum atomic E-state index is 0.504. The maximum atomic E-state index is 12.5. The monoisotopic (exact) mass is 366 g/mol. The fraction of sp³-hybridized carbons (Fsp3) is 0.615. The first-order valence-electron chi connectivity index (χ1n) is 11.2. The van der Waals surface area contributed by atoms with Crippen LogP contribution in [-0.2, 0) is 19.3 Å². The molecule has 0 N–H and O–H groups in total. The summed E-state index contributed by atoms with van der Waals surface area (Å²) >= 11 is 0. The number of benzene rings is 1. The van der Waals surface area contributed by atoms with Gasteiger partial charge in [0.2, 0.25) is 0 Å². The van der Waals surface area contributed by atoms with Gasteiger partial charge in [0.15, 0.2) is 0 Å². The van der Waals surface area contributed by atoms with Crippen LogP contribution in [0, 0.1) is 29.6 Å². The summed E-state index contributed by atoms with van der Waals surface area (Å²) in [5.41, 5.74) is 4.71. The molecule has 0 aromatic heterocycles. The van der Waals surface area contributed by atoms with E-state index in [-0.39, 0.29) is 0 Å². The molecule has 0 amide bonds. The minimum absolute atomic E-state index is 0.504. The summed E-state index contributed by atoms with van der Waals surface area (Å²) in [5.74, 6) is 4.09. The summed E-state index contributed by atoms with van der Waals surface area (Å²) in [6, 6.07) is 7.23. The molecule has 4 rings (SSSR count). The van der Waals surface area contributed by atoms with E-state index in [9.17, 15) is 4.39 Å². The lowest BCUT2D eigenvalue weighted by atomic mass is 9.61. The van der Waals surface area contributed by atoms with Gasteiger partial charge in [-0.1, -0.05) is 30.4 Å². The van der Waals surface area contributed by atoms with E-state index < -0.39 is 0 Å². The van der Waals surface area contributed by atoms with E-state index in [0.29, 0.717) is 5.92 Å². The molecule has 3 aliphatic rings. The molecule has 3 aliphatic carbocycles. The van der Waals surface area contributed by atoms with Gasteiger partial charge >= 0.3 is 0 Å². The van der Waals surface area contributed by atoms with Gasteiger partial charge in [-0.2, -0.15) is 0 Å². The van der Waals surface area contributed by atoms with Crippen LogP contribution in [0.2, 0.25) is 0 Å². The smallest absolute Gasteiger partial charge is 0.0829 e.